The van der Waals surface area contributed by atoms with Crippen molar-refractivity contribution in [2.24, 2.45) is 0 Å². The van der Waals surface area contributed by atoms with E-state index in [9.17, 15) is 19.8 Å². The van der Waals surface area contributed by atoms with E-state index in [4.69, 9.17) is 4.74 Å². The molecule has 0 atom stereocenters. The number of hydrogen-bond donors (Lipinski definition) is 3. The summed E-state index contributed by atoms with van der Waals surface area (Å²) in [5.41, 5.74) is 5.61. The lowest BCUT2D eigenvalue weighted by Crippen LogP contribution is -2.11. The fraction of sp³-hybridized carbons (Fsp3) is 0.120. The molecule has 1 amide bonds. The minimum atomic E-state index is -1.08. The Hall–Kier alpha value is -4.28. The first kappa shape index (κ1) is 22.5. The van der Waals surface area contributed by atoms with E-state index < -0.39 is 12.1 Å². The maximum absolute atomic E-state index is 12.6. The van der Waals surface area contributed by atoms with Gasteiger partial charge < -0.3 is 19.5 Å². The Morgan fingerprint density at radius 1 is 1.00 bits per heavy atom. The van der Waals surface area contributed by atoms with Crippen molar-refractivity contribution in [2.45, 2.75) is 13.2 Å². The van der Waals surface area contributed by atoms with Crippen molar-refractivity contribution < 1.29 is 24.5 Å². The number of carbonyl (C=O) groups excluding carboxylic acids is 1. The molecular weight excluding hydrogens is 468 g/mol. The van der Waals surface area contributed by atoms with E-state index in [0.717, 1.165) is 28.3 Å². The summed E-state index contributed by atoms with van der Waals surface area (Å²) in [6, 6.07) is 18.0. The molecule has 35 heavy (non-hydrogen) atoms. The van der Waals surface area contributed by atoms with E-state index in [0.29, 0.717) is 39.8 Å². The fourth-order valence-electron chi connectivity index (χ4n) is 4.17. The zero-order chi connectivity index (χ0) is 24.5. The SMILES string of the molecule is COC(=O)Nc1ccc2c(c1)c(-c1ccc(CO)cc1)c(C(=O)O)n2Cc1ccc2nsnc2c1. The van der Waals surface area contributed by atoms with Crippen LogP contribution in [0, 0.1) is 0 Å². The number of aromatic carboxylic acids is 1. The molecule has 0 spiro atoms. The van der Waals surface area contributed by atoms with Crippen LogP contribution in [0.1, 0.15) is 21.6 Å². The average Bonchev–Trinajstić information content (AvgIpc) is 3.46. The summed E-state index contributed by atoms with van der Waals surface area (Å²) in [5, 5.41) is 23.0. The van der Waals surface area contributed by atoms with Gasteiger partial charge in [0.2, 0.25) is 0 Å². The first-order valence-corrected chi connectivity index (χ1v) is 11.4. The maximum atomic E-state index is 12.6. The Balaban J connectivity index is 1.73. The second kappa shape index (κ2) is 9.16. The van der Waals surface area contributed by atoms with Gasteiger partial charge >= 0.3 is 12.1 Å². The highest BCUT2D eigenvalue weighted by molar-refractivity contribution is 7.00. The van der Waals surface area contributed by atoms with Gasteiger partial charge in [0.15, 0.2) is 0 Å². The molecule has 176 valence electrons. The van der Waals surface area contributed by atoms with Crippen LogP contribution in [0.25, 0.3) is 33.1 Å². The number of ether oxygens (including phenoxy) is 1. The number of benzene rings is 3. The van der Waals surface area contributed by atoms with Crippen LogP contribution in [0.5, 0.6) is 0 Å². The van der Waals surface area contributed by atoms with E-state index >= 15 is 0 Å². The Kier molecular flexibility index (Phi) is 5.89. The van der Waals surface area contributed by atoms with Crippen LogP contribution in [0.4, 0.5) is 10.5 Å². The quantitative estimate of drug-likeness (QED) is 0.315. The standard InChI is InChI=1S/C25H20N4O5S/c1-34-25(33)26-17-7-9-21-18(11-17)22(16-5-2-14(13-30)3-6-16)23(24(31)32)29(21)12-15-4-8-19-20(10-15)28-35-27-19/h2-11,30H,12-13H2,1H3,(H,26,33)(H,31,32). The molecule has 0 aliphatic carbocycles. The van der Waals surface area contributed by atoms with Crippen LogP contribution in [0.3, 0.4) is 0 Å². The Morgan fingerprint density at radius 2 is 1.74 bits per heavy atom. The highest BCUT2D eigenvalue weighted by Crippen LogP contribution is 2.37. The number of aromatic nitrogens is 3. The largest absolute Gasteiger partial charge is 0.477 e. The third kappa shape index (κ3) is 4.20. The van der Waals surface area contributed by atoms with Gasteiger partial charge in [-0.15, -0.1) is 0 Å². The fourth-order valence-corrected chi connectivity index (χ4v) is 4.68. The number of carbonyl (C=O) groups is 2. The summed E-state index contributed by atoms with van der Waals surface area (Å²) >= 11 is 1.13. The van der Waals surface area contributed by atoms with Crippen molar-refractivity contribution in [2.75, 3.05) is 12.4 Å². The third-order valence-electron chi connectivity index (χ3n) is 5.78. The summed E-state index contributed by atoms with van der Waals surface area (Å²) in [5.74, 6) is -1.08. The zero-order valence-electron chi connectivity index (χ0n) is 18.6. The van der Waals surface area contributed by atoms with Crippen LogP contribution in [0.2, 0.25) is 0 Å². The number of anilines is 1. The number of rotatable bonds is 6. The normalized spacial score (nSPS) is 11.1. The molecule has 0 fully saturated rings. The maximum Gasteiger partial charge on any atom is 0.411 e. The summed E-state index contributed by atoms with van der Waals surface area (Å²) in [7, 11) is 1.27. The van der Waals surface area contributed by atoms with Gasteiger partial charge in [0, 0.05) is 28.7 Å². The predicted molar refractivity (Wildman–Crippen MR) is 133 cm³/mol. The van der Waals surface area contributed by atoms with E-state index in [1.54, 1.807) is 47.0 Å². The first-order valence-electron chi connectivity index (χ1n) is 10.6. The van der Waals surface area contributed by atoms with Crippen LogP contribution in [-0.2, 0) is 17.9 Å². The van der Waals surface area contributed by atoms with Crippen LogP contribution in [0.15, 0.2) is 60.7 Å². The van der Waals surface area contributed by atoms with Gasteiger partial charge in [0.1, 0.15) is 16.7 Å². The molecule has 0 aliphatic rings. The number of aliphatic hydroxyl groups excluding tert-OH is 1. The summed E-state index contributed by atoms with van der Waals surface area (Å²) < 4.78 is 15.0. The molecule has 3 aromatic carbocycles. The summed E-state index contributed by atoms with van der Waals surface area (Å²) in [4.78, 5) is 24.4. The van der Waals surface area contributed by atoms with Crippen LogP contribution >= 0.6 is 11.7 Å². The highest BCUT2D eigenvalue weighted by Gasteiger charge is 2.24. The lowest BCUT2D eigenvalue weighted by atomic mass is 10.00. The molecule has 2 aromatic heterocycles. The number of nitrogens with zero attached hydrogens (tertiary/aromatic N) is 3. The lowest BCUT2D eigenvalue weighted by molar-refractivity contribution is 0.0687. The van der Waals surface area contributed by atoms with Gasteiger partial charge in [-0.05, 0) is 47.0 Å². The van der Waals surface area contributed by atoms with E-state index in [1.165, 1.54) is 7.11 Å². The Bertz CT molecular complexity index is 1570. The number of amides is 1. The van der Waals surface area contributed by atoms with E-state index in [-0.39, 0.29) is 12.3 Å². The molecule has 0 bridgehead atoms. The van der Waals surface area contributed by atoms with Crippen molar-refractivity contribution in [3.63, 3.8) is 0 Å². The van der Waals surface area contributed by atoms with Crippen molar-refractivity contribution in [1.82, 2.24) is 13.3 Å². The second-order valence-corrected chi connectivity index (χ2v) is 8.43. The molecule has 10 heteroatoms. The molecule has 0 aliphatic heterocycles. The molecule has 3 N–H and O–H groups in total. The van der Waals surface area contributed by atoms with Crippen molar-refractivity contribution in [1.29, 1.82) is 0 Å². The topological polar surface area (TPSA) is 127 Å². The van der Waals surface area contributed by atoms with Crippen molar-refractivity contribution >= 4 is 51.4 Å². The van der Waals surface area contributed by atoms with Gasteiger partial charge in [-0.1, -0.05) is 30.3 Å². The number of methoxy groups -OCH3 is 1. The third-order valence-corrected chi connectivity index (χ3v) is 6.34. The molecule has 0 saturated heterocycles. The lowest BCUT2D eigenvalue weighted by Gasteiger charge is -2.10. The van der Waals surface area contributed by atoms with Gasteiger partial charge in [-0.2, -0.15) is 8.75 Å². The minimum absolute atomic E-state index is 0.114. The van der Waals surface area contributed by atoms with Crippen molar-refractivity contribution in [3.05, 3.63) is 77.5 Å². The number of carboxylic acids is 1. The second-order valence-electron chi connectivity index (χ2n) is 7.91. The van der Waals surface area contributed by atoms with E-state index in [1.807, 2.05) is 18.2 Å². The van der Waals surface area contributed by atoms with Crippen LogP contribution < -0.4 is 5.32 Å². The monoisotopic (exact) mass is 488 g/mol. The molecule has 0 radical (unpaired) electrons. The Morgan fingerprint density at radius 3 is 2.46 bits per heavy atom. The number of aliphatic hydroxyl groups is 1. The number of hydrogen-bond acceptors (Lipinski definition) is 7. The van der Waals surface area contributed by atoms with Gasteiger partial charge in [-0.25, -0.2) is 9.59 Å². The van der Waals surface area contributed by atoms with Gasteiger partial charge in [0.05, 0.1) is 25.4 Å². The molecule has 0 saturated carbocycles. The number of nitrogens with one attached hydrogen (secondary N) is 1. The number of fused-ring (bicyclic) bond motifs is 2. The molecule has 0 unspecified atom stereocenters. The Labute approximate surface area is 203 Å². The zero-order valence-corrected chi connectivity index (χ0v) is 19.4. The highest BCUT2D eigenvalue weighted by atomic mass is 32.1. The smallest absolute Gasteiger partial charge is 0.411 e. The number of carboxylic acid groups (broad SMARTS) is 1. The van der Waals surface area contributed by atoms with Gasteiger partial charge in [0.25, 0.3) is 0 Å². The molecular formula is C25H20N4O5S. The summed E-state index contributed by atoms with van der Waals surface area (Å²) in [6.07, 6.45) is -0.624. The van der Waals surface area contributed by atoms with Crippen LogP contribution in [-0.4, -0.2) is 42.7 Å². The molecule has 5 rings (SSSR count). The predicted octanol–water partition coefficient (Wildman–Crippen LogP) is 4.73. The van der Waals surface area contributed by atoms with E-state index in [2.05, 4.69) is 14.1 Å². The molecule has 2 heterocycles. The average molecular weight is 489 g/mol. The molecule has 5 aromatic rings. The van der Waals surface area contributed by atoms with Crippen molar-refractivity contribution in [3.8, 4) is 11.1 Å². The molecule has 9 nitrogen and oxygen atoms in total. The van der Waals surface area contributed by atoms with Gasteiger partial charge in [-0.3, -0.25) is 5.32 Å². The minimum Gasteiger partial charge on any atom is -0.477 e. The summed E-state index contributed by atoms with van der Waals surface area (Å²) in [6.45, 7) is 0.180. The first-order chi connectivity index (χ1) is 17.0.